The van der Waals surface area contributed by atoms with Gasteiger partial charge in [-0.3, -0.25) is 0 Å². The van der Waals surface area contributed by atoms with Crippen LogP contribution in [0.1, 0.15) is 36.5 Å². The summed E-state index contributed by atoms with van der Waals surface area (Å²) in [4.78, 5) is 3.06. The zero-order valence-electron chi connectivity index (χ0n) is 11.5. The van der Waals surface area contributed by atoms with Gasteiger partial charge in [0.15, 0.2) is 12.4 Å². The molecule has 0 radical (unpaired) electrons. The second-order valence-electron chi connectivity index (χ2n) is 4.97. The number of rotatable bonds is 2. The smallest absolute Gasteiger partial charge is 0.167 e. The number of H-pyrrole nitrogens is 1. The minimum atomic E-state index is 0. The molecule has 0 spiro atoms. The first-order chi connectivity index (χ1) is 8.09. The second kappa shape index (κ2) is 5.78. The maximum atomic E-state index is 3.06. The lowest BCUT2D eigenvalue weighted by atomic mass is 9.90. The van der Waals surface area contributed by atoms with Gasteiger partial charge in [-0.15, -0.1) is 0 Å². The van der Waals surface area contributed by atoms with E-state index in [0.29, 0.717) is 5.92 Å². The minimum Gasteiger partial charge on any atom is -0.870 e. The van der Waals surface area contributed by atoms with Gasteiger partial charge < -0.3 is 5.48 Å². The molecule has 2 heteroatoms. The van der Waals surface area contributed by atoms with Crippen LogP contribution in [0.25, 0.3) is 11.1 Å². The van der Waals surface area contributed by atoms with Gasteiger partial charge in [-0.25, -0.2) is 4.98 Å². The number of aromatic amines is 1. The average molecular weight is 243 g/mol. The van der Waals surface area contributed by atoms with Crippen LogP contribution in [-0.4, -0.2) is 5.48 Å². The molecule has 1 aromatic carbocycles. The van der Waals surface area contributed by atoms with Crippen LogP contribution >= 0.6 is 0 Å². The third kappa shape index (κ3) is 2.77. The third-order valence-electron chi connectivity index (χ3n) is 3.22. The van der Waals surface area contributed by atoms with E-state index < -0.39 is 0 Å². The second-order valence-corrected chi connectivity index (χ2v) is 4.97. The molecule has 2 aromatic rings. The Morgan fingerprint density at radius 3 is 1.83 bits per heavy atom. The fraction of sp³-hybridized carbons (Fsp3) is 0.312. The summed E-state index contributed by atoms with van der Waals surface area (Å²) >= 11 is 0. The highest BCUT2D eigenvalue weighted by molar-refractivity contribution is 5.65. The van der Waals surface area contributed by atoms with Gasteiger partial charge >= 0.3 is 0 Å². The standard InChI is InChI=1S/C16H19N.H2O/c1-11(2)16-12(3)9-15(10-13(16)4)14-5-7-17-8-6-14;/h5-11H,1-4H3;1H2. The van der Waals surface area contributed by atoms with E-state index >= 15 is 0 Å². The zero-order chi connectivity index (χ0) is 12.4. The van der Waals surface area contributed by atoms with Crippen LogP contribution in [0.5, 0.6) is 0 Å². The molecular formula is C16H21NO. The predicted molar refractivity (Wildman–Crippen MR) is 73.9 cm³/mol. The van der Waals surface area contributed by atoms with Gasteiger partial charge in [0.1, 0.15) is 0 Å². The van der Waals surface area contributed by atoms with Gasteiger partial charge in [0.25, 0.3) is 0 Å². The topological polar surface area (TPSA) is 44.1 Å². The van der Waals surface area contributed by atoms with Crippen molar-refractivity contribution in [3.05, 3.63) is 53.3 Å². The molecule has 0 atom stereocenters. The van der Waals surface area contributed by atoms with Crippen LogP contribution in [0, 0.1) is 13.8 Å². The molecule has 0 amide bonds. The summed E-state index contributed by atoms with van der Waals surface area (Å²) in [5.41, 5.74) is 6.84. The summed E-state index contributed by atoms with van der Waals surface area (Å²) in [6, 6.07) is 8.81. The van der Waals surface area contributed by atoms with E-state index in [-0.39, 0.29) is 5.48 Å². The quantitative estimate of drug-likeness (QED) is 0.792. The van der Waals surface area contributed by atoms with Gasteiger partial charge in [-0.05, 0) is 47.6 Å². The Bertz CT molecular complexity index is 495. The van der Waals surface area contributed by atoms with Crippen molar-refractivity contribution >= 4 is 0 Å². The molecule has 1 heterocycles. The Morgan fingerprint density at radius 2 is 1.39 bits per heavy atom. The van der Waals surface area contributed by atoms with E-state index in [1.54, 1.807) is 0 Å². The number of benzene rings is 1. The summed E-state index contributed by atoms with van der Waals surface area (Å²) in [5.74, 6) is 0.591. The van der Waals surface area contributed by atoms with Gasteiger partial charge in [0.05, 0.1) is 0 Å². The van der Waals surface area contributed by atoms with Crippen molar-refractivity contribution < 1.29 is 10.5 Å². The first kappa shape index (κ1) is 14.4. The number of pyridine rings is 1. The van der Waals surface area contributed by atoms with Crippen molar-refractivity contribution in [1.29, 1.82) is 0 Å². The molecule has 0 aliphatic rings. The van der Waals surface area contributed by atoms with E-state index in [4.69, 9.17) is 0 Å². The Hall–Kier alpha value is -1.67. The normalized spacial score (nSPS) is 10.3. The van der Waals surface area contributed by atoms with Crippen molar-refractivity contribution in [2.24, 2.45) is 0 Å². The zero-order valence-corrected chi connectivity index (χ0v) is 11.5. The van der Waals surface area contributed by atoms with E-state index in [1.165, 1.54) is 27.8 Å². The number of aryl methyl sites for hydroxylation is 2. The maximum Gasteiger partial charge on any atom is 0.167 e. The van der Waals surface area contributed by atoms with Crippen LogP contribution in [0.15, 0.2) is 36.7 Å². The molecule has 0 fully saturated rings. The number of nitrogens with one attached hydrogen (secondary N) is 1. The first-order valence-corrected chi connectivity index (χ1v) is 6.17. The van der Waals surface area contributed by atoms with Crippen LogP contribution in [0.2, 0.25) is 0 Å². The molecule has 2 nitrogen and oxygen atoms in total. The molecule has 0 saturated carbocycles. The van der Waals surface area contributed by atoms with Crippen LogP contribution in [0.3, 0.4) is 0 Å². The highest BCUT2D eigenvalue weighted by Gasteiger charge is 2.09. The lowest BCUT2D eigenvalue weighted by Crippen LogP contribution is -1.99. The van der Waals surface area contributed by atoms with Crippen molar-refractivity contribution in [3.63, 3.8) is 0 Å². The molecule has 96 valence electrons. The summed E-state index contributed by atoms with van der Waals surface area (Å²) in [6.07, 6.45) is 3.94. The van der Waals surface area contributed by atoms with Crippen LogP contribution in [-0.2, 0) is 0 Å². The molecular weight excluding hydrogens is 222 g/mol. The molecule has 0 bridgehead atoms. The Morgan fingerprint density at radius 1 is 0.889 bits per heavy atom. The van der Waals surface area contributed by atoms with Crippen molar-refractivity contribution in [1.82, 2.24) is 0 Å². The van der Waals surface area contributed by atoms with Crippen molar-refractivity contribution in [2.45, 2.75) is 33.6 Å². The molecule has 0 aliphatic carbocycles. The summed E-state index contributed by atoms with van der Waals surface area (Å²) < 4.78 is 0. The summed E-state index contributed by atoms with van der Waals surface area (Å²) in [5, 5.41) is 0. The van der Waals surface area contributed by atoms with Gasteiger partial charge in [-0.1, -0.05) is 26.0 Å². The van der Waals surface area contributed by atoms with E-state index in [1.807, 2.05) is 12.4 Å². The van der Waals surface area contributed by atoms with Crippen molar-refractivity contribution in [3.8, 4) is 11.1 Å². The number of hydrogen-bond acceptors (Lipinski definition) is 1. The van der Waals surface area contributed by atoms with E-state index in [0.717, 1.165) is 0 Å². The lowest BCUT2D eigenvalue weighted by Gasteiger charge is -2.15. The molecule has 0 saturated heterocycles. The van der Waals surface area contributed by atoms with E-state index in [9.17, 15) is 0 Å². The SMILES string of the molecule is Cc1cc(-c2cc[nH+]cc2)cc(C)c1C(C)C.[OH-]. The maximum absolute atomic E-state index is 3.06. The lowest BCUT2D eigenvalue weighted by molar-refractivity contribution is -0.377. The third-order valence-corrected chi connectivity index (χ3v) is 3.22. The summed E-state index contributed by atoms with van der Waals surface area (Å²) in [7, 11) is 0. The Kier molecular flexibility index (Phi) is 4.62. The van der Waals surface area contributed by atoms with Crippen molar-refractivity contribution in [2.75, 3.05) is 0 Å². The van der Waals surface area contributed by atoms with Gasteiger partial charge in [0.2, 0.25) is 0 Å². The van der Waals surface area contributed by atoms with Crippen LogP contribution < -0.4 is 4.98 Å². The first-order valence-electron chi connectivity index (χ1n) is 6.17. The minimum absolute atomic E-state index is 0. The molecule has 0 aliphatic heterocycles. The monoisotopic (exact) mass is 243 g/mol. The molecule has 2 rings (SSSR count). The number of aromatic nitrogens is 1. The highest BCUT2D eigenvalue weighted by atomic mass is 16.0. The van der Waals surface area contributed by atoms with E-state index in [2.05, 4.69) is 56.9 Å². The summed E-state index contributed by atoms with van der Waals surface area (Å²) in [6.45, 7) is 8.93. The largest absolute Gasteiger partial charge is 0.870 e. The predicted octanol–water partition coefficient (Wildman–Crippen LogP) is 3.73. The fourth-order valence-electron chi connectivity index (χ4n) is 2.63. The highest BCUT2D eigenvalue weighted by Crippen LogP contribution is 2.28. The van der Waals surface area contributed by atoms with Crippen LogP contribution in [0.4, 0.5) is 0 Å². The fourth-order valence-corrected chi connectivity index (χ4v) is 2.63. The van der Waals surface area contributed by atoms with Gasteiger partial charge in [0, 0.05) is 12.1 Å². The Balaban J connectivity index is 0.00000162. The average Bonchev–Trinajstić information content (AvgIpc) is 2.28. The molecule has 18 heavy (non-hydrogen) atoms. The molecule has 0 unspecified atom stereocenters. The Labute approximate surface area is 109 Å². The molecule has 1 aromatic heterocycles. The number of hydrogen-bond donors (Lipinski definition) is 0. The molecule has 2 N–H and O–H groups in total. The van der Waals surface area contributed by atoms with Gasteiger partial charge in [-0.2, -0.15) is 0 Å².